The van der Waals surface area contributed by atoms with Crippen molar-refractivity contribution < 1.29 is 19.4 Å². The fraction of sp³-hybridized carbons (Fsp3) is 0.231. The van der Waals surface area contributed by atoms with Gasteiger partial charge >= 0.3 is 5.97 Å². The van der Waals surface area contributed by atoms with Crippen LogP contribution in [0.25, 0.3) is 10.9 Å². The molecule has 1 atom stereocenters. The van der Waals surface area contributed by atoms with E-state index < -0.39 is 12.0 Å². The van der Waals surface area contributed by atoms with Crippen molar-refractivity contribution in [2.75, 3.05) is 6.79 Å². The summed E-state index contributed by atoms with van der Waals surface area (Å²) in [6.07, 6.45) is 0.117. The van der Waals surface area contributed by atoms with E-state index in [2.05, 4.69) is 4.98 Å². The molecule has 3 rings (SSSR count). The topological polar surface area (TPSA) is 94.7 Å². The number of ether oxygens (including phenoxy) is 2. The van der Waals surface area contributed by atoms with Crippen molar-refractivity contribution >= 4 is 28.5 Å². The van der Waals surface area contributed by atoms with Gasteiger partial charge in [-0.2, -0.15) is 0 Å². The van der Waals surface area contributed by atoms with E-state index >= 15 is 0 Å². The first-order valence-electron chi connectivity index (χ1n) is 5.92. The van der Waals surface area contributed by atoms with Crippen molar-refractivity contribution in [1.29, 1.82) is 0 Å². The normalized spacial score (nSPS) is 14.5. The lowest BCUT2D eigenvalue weighted by Gasteiger charge is -2.09. The van der Waals surface area contributed by atoms with Crippen LogP contribution in [-0.2, 0) is 11.2 Å². The molecule has 1 unspecified atom stereocenters. The molecule has 1 aliphatic rings. The van der Waals surface area contributed by atoms with Gasteiger partial charge in [0.2, 0.25) is 6.79 Å². The van der Waals surface area contributed by atoms with Gasteiger partial charge in [-0.15, -0.1) is 0 Å². The Morgan fingerprint density at radius 3 is 2.80 bits per heavy atom. The van der Waals surface area contributed by atoms with E-state index in [9.17, 15) is 4.79 Å². The first kappa shape index (κ1) is 13.0. The van der Waals surface area contributed by atoms with Gasteiger partial charge in [0.25, 0.3) is 0 Å². The third-order valence-corrected chi connectivity index (χ3v) is 3.42. The first-order valence-corrected chi connectivity index (χ1v) is 6.29. The molecule has 0 saturated heterocycles. The van der Waals surface area contributed by atoms with Gasteiger partial charge in [0, 0.05) is 17.9 Å². The number of hydrogen-bond donors (Lipinski definition) is 2. The number of carbonyl (C=O) groups is 1. The Morgan fingerprint density at radius 2 is 2.10 bits per heavy atom. The van der Waals surface area contributed by atoms with Crippen LogP contribution in [0.2, 0.25) is 5.15 Å². The number of nitrogens with zero attached hydrogens (tertiary/aromatic N) is 1. The van der Waals surface area contributed by atoms with E-state index in [4.69, 9.17) is 31.9 Å². The fourth-order valence-corrected chi connectivity index (χ4v) is 2.27. The van der Waals surface area contributed by atoms with Crippen molar-refractivity contribution in [1.82, 2.24) is 4.98 Å². The van der Waals surface area contributed by atoms with Crippen LogP contribution in [0.15, 0.2) is 18.2 Å². The van der Waals surface area contributed by atoms with E-state index in [1.165, 1.54) is 0 Å². The molecule has 0 fully saturated rings. The summed E-state index contributed by atoms with van der Waals surface area (Å²) in [6.45, 7) is 0.177. The van der Waals surface area contributed by atoms with Crippen LogP contribution in [0, 0.1) is 0 Å². The molecule has 1 aliphatic heterocycles. The molecule has 0 aliphatic carbocycles. The van der Waals surface area contributed by atoms with Crippen molar-refractivity contribution in [2.24, 2.45) is 5.73 Å². The zero-order chi connectivity index (χ0) is 14.3. The molecule has 2 heterocycles. The minimum absolute atomic E-state index is 0.117. The first-order chi connectivity index (χ1) is 9.54. The van der Waals surface area contributed by atoms with E-state index in [1.807, 2.05) is 0 Å². The maximum Gasteiger partial charge on any atom is 0.320 e. The number of aromatic nitrogens is 1. The highest BCUT2D eigenvalue weighted by Crippen LogP contribution is 2.36. The Morgan fingerprint density at radius 1 is 1.40 bits per heavy atom. The molecule has 0 spiro atoms. The number of fused-ring (bicyclic) bond motifs is 2. The van der Waals surface area contributed by atoms with Gasteiger partial charge in [0.1, 0.15) is 11.2 Å². The maximum atomic E-state index is 10.8. The van der Waals surface area contributed by atoms with Crippen LogP contribution in [0.4, 0.5) is 0 Å². The summed E-state index contributed by atoms with van der Waals surface area (Å²) in [5, 5.41) is 9.89. The monoisotopic (exact) mass is 294 g/mol. The number of halogens is 1. The molecule has 7 heteroatoms. The van der Waals surface area contributed by atoms with Crippen molar-refractivity contribution in [3.8, 4) is 11.5 Å². The van der Waals surface area contributed by atoms with Gasteiger partial charge < -0.3 is 20.3 Å². The highest BCUT2D eigenvalue weighted by Gasteiger charge is 2.18. The summed E-state index contributed by atoms with van der Waals surface area (Å²) in [4.78, 5) is 15.1. The molecule has 2 aromatic rings. The summed E-state index contributed by atoms with van der Waals surface area (Å²) in [5.74, 6) is 0.179. The van der Waals surface area contributed by atoms with E-state index in [1.54, 1.807) is 18.2 Å². The third kappa shape index (κ3) is 2.23. The lowest BCUT2D eigenvalue weighted by Crippen LogP contribution is -2.32. The summed E-state index contributed by atoms with van der Waals surface area (Å²) >= 11 is 6.07. The summed E-state index contributed by atoms with van der Waals surface area (Å²) < 4.78 is 10.6. The van der Waals surface area contributed by atoms with Crippen LogP contribution < -0.4 is 15.2 Å². The average Bonchev–Trinajstić information content (AvgIpc) is 2.84. The second-order valence-electron chi connectivity index (χ2n) is 4.49. The number of carboxylic acid groups (broad SMARTS) is 1. The SMILES string of the molecule is NC(Cc1cc2cc3c(cc2nc1Cl)OCO3)C(=O)O. The summed E-state index contributed by atoms with van der Waals surface area (Å²) in [5.41, 5.74) is 6.77. The molecule has 0 amide bonds. The minimum Gasteiger partial charge on any atom is -0.480 e. The number of pyridine rings is 1. The molecule has 0 saturated carbocycles. The molecule has 0 radical (unpaired) electrons. The molecule has 104 valence electrons. The van der Waals surface area contributed by atoms with Gasteiger partial charge in [-0.1, -0.05) is 11.6 Å². The number of nitrogens with two attached hydrogens (primary N) is 1. The van der Waals surface area contributed by atoms with E-state index in [0.29, 0.717) is 22.6 Å². The Balaban J connectivity index is 2.04. The predicted octanol–water partition coefficient (Wildman–Crippen LogP) is 1.57. The second-order valence-corrected chi connectivity index (χ2v) is 4.84. The van der Waals surface area contributed by atoms with Crippen molar-refractivity contribution in [2.45, 2.75) is 12.5 Å². The predicted molar refractivity (Wildman–Crippen MR) is 72.2 cm³/mol. The van der Waals surface area contributed by atoms with Gasteiger partial charge in [-0.3, -0.25) is 4.79 Å². The molecule has 20 heavy (non-hydrogen) atoms. The molecular formula is C13H11ClN2O4. The molecule has 1 aromatic heterocycles. The number of aliphatic carboxylic acids is 1. The standard InChI is InChI=1S/C13H11ClN2O4/c14-12-7(2-8(15)13(17)18)1-6-3-10-11(20-5-19-10)4-9(6)16-12/h1,3-4,8H,2,5,15H2,(H,17,18). The van der Waals surface area contributed by atoms with Gasteiger partial charge in [-0.05, 0) is 17.7 Å². The average molecular weight is 295 g/mol. The zero-order valence-electron chi connectivity index (χ0n) is 10.3. The van der Waals surface area contributed by atoms with Crippen LogP contribution in [0.1, 0.15) is 5.56 Å². The van der Waals surface area contributed by atoms with Crippen LogP contribution in [0.3, 0.4) is 0 Å². The van der Waals surface area contributed by atoms with Crippen molar-refractivity contribution in [3.05, 3.63) is 28.9 Å². The number of benzene rings is 1. The molecule has 3 N–H and O–H groups in total. The fourth-order valence-electron chi connectivity index (χ4n) is 2.05. The molecule has 1 aromatic carbocycles. The Hall–Kier alpha value is -2.05. The van der Waals surface area contributed by atoms with E-state index in [0.717, 1.165) is 5.39 Å². The maximum absolute atomic E-state index is 10.8. The highest BCUT2D eigenvalue weighted by molar-refractivity contribution is 6.30. The zero-order valence-corrected chi connectivity index (χ0v) is 11.1. The lowest BCUT2D eigenvalue weighted by molar-refractivity contribution is -0.138. The number of hydrogen-bond acceptors (Lipinski definition) is 5. The minimum atomic E-state index is -1.08. The smallest absolute Gasteiger partial charge is 0.320 e. The van der Waals surface area contributed by atoms with Crippen molar-refractivity contribution in [3.63, 3.8) is 0 Å². The summed E-state index contributed by atoms with van der Waals surface area (Å²) in [7, 11) is 0. The second kappa shape index (κ2) is 4.81. The van der Waals surface area contributed by atoms with Crippen LogP contribution in [0.5, 0.6) is 11.5 Å². The third-order valence-electron chi connectivity index (χ3n) is 3.09. The summed E-state index contributed by atoms with van der Waals surface area (Å²) in [6, 6.07) is 4.29. The largest absolute Gasteiger partial charge is 0.480 e. The van der Waals surface area contributed by atoms with Gasteiger partial charge in [0.05, 0.1) is 5.52 Å². The molecule has 0 bridgehead atoms. The number of carboxylic acids is 1. The quantitative estimate of drug-likeness (QED) is 0.835. The molecular weight excluding hydrogens is 284 g/mol. The number of rotatable bonds is 3. The van der Waals surface area contributed by atoms with Gasteiger partial charge in [0.15, 0.2) is 11.5 Å². The van der Waals surface area contributed by atoms with Crippen LogP contribution in [-0.4, -0.2) is 28.9 Å². The lowest BCUT2D eigenvalue weighted by atomic mass is 10.1. The Labute approximate surface area is 119 Å². The molecule has 6 nitrogen and oxygen atoms in total. The highest BCUT2D eigenvalue weighted by atomic mass is 35.5. The Kier molecular flexibility index (Phi) is 3.11. The van der Waals surface area contributed by atoms with Gasteiger partial charge in [-0.25, -0.2) is 4.98 Å². The van der Waals surface area contributed by atoms with Crippen LogP contribution >= 0.6 is 11.6 Å². The van der Waals surface area contributed by atoms with E-state index in [-0.39, 0.29) is 18.4 Å². The Bertz CT molecular complexity index is 704.